The Bertz CT molecular complexity index is 423. The highest BCUT2D eigenvalue weighted by Gasteiger charge is 2.35. The molecule has 0 radical (unpaired) electrons. The Morgan fingerprint density at radius 2 is 1.83 bits per heavy atom. The van der Waals surface area contributed by atoms with Gasteiger partial charge in [0.2, 0.25) is 5.91 Å². The van der Waals surface area contributed by atoms with Crippen molar-refractivity contribution in [1.82, 2.24) is 4.81 Å². The Morgan fingerprint density at radius 1 is 1.28 bits per heavy atom. The molecule has 18 heavy (non-hydrogen) atoms. The Balaban J connectivity index is 2.95. The molecule has 1 aromatic rings. The highest BCUT2D eigenvalue weighted by Crippen LogP contribution is 2.10. The molecule has 3 N–H and O–H groups in total. The molecule has 6 nitrogen and oxygen atoms in total. The van der Waals surface area contributed by atoms with Gasteiger partial charge in [0.25, 0.3) is 0 Å². The van der Waals surface area contributed by atoms with Crippen LogP contribution < -0.4 is 0 Å². The molecule has 96 valence electrons. The first-order valence-electron chi connectivity index (χ1n) is 5.35. The van der Waals surface area contributed by atoms with Crippen LogP contribution in [0.5, 0.6) is 0 Å². The molecule has 0 aliphatic rings. The molecule has 0 bridgehead atoms. The predicted octanol–water partition coefficient (Wildman–Crippen LogP) is -0.500. The normalized spacial score (nSPS) is 11.7. The summed E-state index contributed by atoms with van der Waals surface area (Å²) < 4.78 is 0. The Morgan fingerprint density at radius 3 is 2.22 bits per heavy atom. The third kappa shape index (κ3) is 3.58. The molecule has 1 rings (SSSR count). The van der Waals surface area contributed by atoms with Gasteiger partial charge in [0.15, 0.2) is 0 Å². The van der Waals surface area contributed by atoms with Crippen molar-refractivity contribution in [2.45, 2.75) is 19.4 Å². The third-order valence-corrected chi connectivity index (χ3v) is 2.51. The van der Waals surface area contributed by atoms with Crippen LogP contribution in [0, 0.1) is 0 Å². The topological polar surface area (TPSA) is 98.1 Å². The zero-order valence-corrected chi connectivity index (χ0v) is 9.85. The van der Waals surface area contributed by atoms with Crippen molar-refractivity contribution in [2.24, 2.45) is 0 Å². The smallest absolute Gasteiger partial charge is 0.480 e. The molecule has 0 spiro atoms. The highest BCUT2D eigenvalue weighted by atomic mass is 16.4. The fourth-order valence-corrected chi connectivity index (χ4v) is 1.69. The molecule has 1 aromatic carbocycles. The average molecular weight is 251 g/mol. The molecular formula is C11H14BNO5. The SMILES string of the molecule is CC(=O)N(B(O)O)C(Cc1ccccc1)C(=O)O. The van der Waals surface area contributed by atoms with E-state index >= 15 is 0 Å². The lowest BCUT2D eigenvalue weighted by Gasteiger charge is -2.27. The summed E-state index contributed by atoms with van der Waals surface area (Å²) in [6.45, 7) is 1.08. The summed E-state index contributed by atoms with van der Waals surface area (Å²) in [5.41, 5.74) is 0.691. The first-order chi connectivity index (χ1) is 8.43. The van der Waals surface area contributed by atoms with Gasteiger partial charge in [-0.15, -0.1) is 0 Å². The zero-order chi connectivity index (χ0) is 13.7. The van der Waals surface area contributed by atoms with Crippen LogP contribution in [0.2, 0.25) is 0 Å². The Labute approximate surface area is 105 Å². The minimum atomic E-state index is -2.13. The summed E-state index contributed by atoms with van der Waals surface area (Å²) in [7, 11) is -2.13. The molecule has 1 amide bonds. The largest absolute Gasteiger partial charge is 0.590 e. The molecule has 1 atom stereocenters. The van der Waals surface area contributed by atoms with Gasteiger partial charge in [0.1, 0.15) is 6.04 Å². The van der Waals surface area contributed by atoms with E-state index in [2.05, 4.69) is 0 Å². The van der Waals surface area contributed by atoms with E-state index in [4.69, 9.17) is 15.2 Å². The van der Waals surface area contributed by atoms with Crippen LogP contribution in [0.25, 0.3) is 0 Å². The maximum atomic E-state index is 11.3. The summed E-state index contributed by atoms with van der Waals surface area (Å²) in [5, 5.41) is 27.2. The maximum Gasteiger partial charge on any atom is 0.590 e. The summed E-state index contributed by atoms with van der Waals surface area (Å²) in [5.74, 6) is -2.00. The van der Waals surface area contributed by atoms with Gasteiger partial charge in [-0.25, -0.2) is 0 Å². The van der Waals surface area contributed by atoms with Crippen LogP contribution in [0.3, 0.4) is 0 Å². The van der Waals surface area contributed by atoms with Crippen molar-refractivity contribution in [3.8, 4) is 0 Å². The molecule has 1 unspecified atom stereocenters. The molecular weight excluding hydrogens is 237 g/mol. The number of amides is 1. The van der Waals surface area contributed by atoms with E-state index in [1.807, 2.05) is 0 Å². The van der Waals surface area contributed by atoms with Crippen molar-refractivity contribution in [2.75, 3.05) is 0 Å². The number of benzene rings is 1. The van der Waals surface area contributed by atoms with Gasteiger partial charge in [-0.05, 0) is 5.56 Å². The second kappa shape index (κ2) is 6.18. The minimum Gasteiger partial charge on any atom is -0.480 e. The van der Waals surface area contributed by atoms with E-state index in [0.29, 0.717) is 10.4 Å². The van der Waals surface area contributed by atoms with Gasteiger partial charge < -0.3 is 20.0 Å². The van der Waals surface area contributed by atoms with Gasteiger partial charge in [-0.1, -0.05) is 30.3 Å². The molecule has 0 heterocycles. The van der Waals surface area contributed by atoms with Gasteiger partial charge >= 0.3 is 13.2 Å². The second-order valence-corrected chi connectivity index (χ2v) is 3.82. The number of aliphatic carboxylic acids is 1. The second-order valence-electron chi connectivity index (χ2n) is 3.82. The number of hydrogen-bond acceptors (Lipinski definition) is 4. The number of rotatable bonds is 5. The number of carbonyl (C=O) groups excluding carboxylic acids is 1. The van der Waals surface area contributed by atoms with Gasteiger partial charge in [0, 0.05) is 13.3 Å². The molecule has 0 aliphatic carbocycles. The zero-order valence-electron chi connectivity index (χ0n) is 9.85. The Kier molecular flexibility index (Phi) is 4.88. The summed E-state index contributed by atoms with van der Waals surface area (Å²) in [4.78, 5) is 22.9. The van der Waals surface area contributed by atoms with Crippen molar-refractivity contribution >= 4 is 19.1 Å². The lowest BCUT2D eigenvalue weighted by atomic mass is 9.96. The molecule has 0 saturated carbocycles. The molecule has 0 saturated heterocycles. The van der Waals surface area contributed by atoms with Crippen LogP contribution >= 0.6 is 0 Å². The van der Waals surface area contributed by atoms with E-state index < -0.39 is 25.2 Å². The fraction of sp³-hybridized carbons (Fsp3) is 0.273. The number of hydrogen-bond donors (Lipinski definition) is 3. The standard InChI is InChI=1S/C11H14BNO5/c1-8(14)13(12(17)18)10(11(15)16)7-9-5-3-2-4-6-9/h2-6,10,17-18H,7H2,1H3,(H,15,16). The Hall–Kier alpha value is -1.86. The lowest BCUT2D eigenvalue weighted by molar-refractivity contribution is -0.146. The quantitative estimate of drug-likeness (QED) is 0.613. The van der Waals surface area contributed by atoms with Crippen LogP contribution in [0.15, 0.2) is 30.3 Å². The van der Waals surface area contributed by atoms with E-state index in [0.717, 1.165) is 6.92 Å². The van der Waals surface area contributed by atoms with E-state index in [9.17, 15) is 9.59 Å². The van der Waals surface area contributed by atoms with Crippen LogP contribution in [0.1, 0.15) is 12.5 Å². The van der Waals surface area contributed by atoms with Crippen LogP contribution in [-0.4, -0.2) is 45.1 Å². The summed E-state index contributed by atoms with van der Waals surface area (Å²) >= 11 is 0. The highest BCUT2D eigenvalue weighted by molar-refractivity contribution is 6.42. The lowest BCUT2D eigenvalue weighted by Crippen LogP contribution is -2.53. The molecule has 0 aromatic heterocycles. The van der Waals surface area contributed by atoms with Gasteiger partial charge in [-0.2, -0.15) is 0 Å². The first-order valence-corrected chi connectivity index (χ1v) is 5.35. The average Bonchev–Trinajstić information content (AvgIpc) is 2.28. The van der Waals surface area contributed by atoms with Gasteiger partial charge in [-0.3, -0.25) is 9.59 Å². The van der Waals surface area contributed by atoms with E-state index in [1.165, 1.54) is 0 Å². The fourth-order valence-electron chi connectivity index (χ4n) is 1.69. The number of carboxylic acids is 1. The van der Waals surface area contributed by atoms with Crippen molar-refractivity contribution in [3.05, 3.63) is 35.9 Å². The van der Waals surface area contributed by atoms with Crippen LogP contribution in [0.4, 0.5) is 0 Å². The van der Waals surface area contributed by atoms with E-state index in [-0.39, 0.29) is 6.42 Å². The van der Waals surface area contributed by atoms with Crippen molar-refractivity contribution < 1.29 is 24.7 Å². The monoisotopic (exact) mass is 251 g/mol. The number of carboxylic acid groups (broad SMARTS) is 1. The molecule has 7 heteroatoms. The minimum absolute atomic E-state index is 0.00731. The number of nitrogens with zero attached hydrogens (tertiary/aromatic N) is 1. The summed E-state index contributed by atoms with van der Waals surface area (Å²) in [6, 6.07) is 7.35. The first kappa shape index (κ1) is 14.2. The summed E-state index contributed by atoms with van der Waals surface area (Å²) in [6.07, 6.45) is 0.00731. The third-order valence-electron chi connectivity index (χ3n) is 2.51. The van der Waals surface area contributed by atoms with Crippen molar-refractivity contribution in [1.29, 1.82) is 0 Å². The molecule has 0 fully saturated rings. The maximum absolute atomic E-state index is 11.3. The molecule has 0 aliphatic heterocycles. The van der Waals surface area contributed by atoms with Gasteiger partial charge in [0.05, 0.1) is 0 Å². The van der Waals surface area contributed by atoms with Crippen LogP contribution in [-0.2, 0) is 16.0 Å². The van der Waals surface area contributed by atoms with Crippen molar-refractivity contribution in [3.63, 3.8) is 0 Å². The predicted molar refractivity (Wildman–Crippen MR) is 64.3 cm³/mol. The number of carbonyl (C=O) groups is 2. The van der Waals surface area contributed by atoms with E-state index in [1.54, 1.807) is 30.3 Å².